The molecule has 0 atom stereocenters. The number of esters is 2. The minimum absolute atomic E-state index is 0.0247. The van der Waals surface area contributed by atoms with Crippen molar-refractivity contribution in [2.75, 3.05) is 0 Å². The largest absolute Gasteiger partial charge is 0.419 e. The first-order valence-electron chi connectivity index (χ1n) is 6.32. The van der Waals surface area contributed by atoms with E-state index in [9.17, 15) is 9.59 Å². The van der Waals surface area contributed by atoms with Gasteiger partial charge in [-0.1, -0.05) is 17.7 Å². The molecule has 20 heavy (non-hydrogen) atoms. The lowest BCUT2D eigenvalue weighted by Gasteiger charge is -2.30. The zero-order valence-electron chi connectivity index (χ0n) is 11.2. The summed E-state index contributed by atoms with van der Waals surface area (Å²) in [5.74, 6) is -2.42. The van der Waals surface area contributed by atoms with Crippen molar-refractivity contribution in [1.29, 1.82) is 0 Å². The lowest BCUT2D eigenvalue weighted by molar-refractivity contribution is -0.222. The van der Waals surface area contributed by atoms with Crippen molar-refractivity contribution >= 4 is 23.5 Å². The van der Waals surface area contributed by atoms with E-state index in [1.54, 1.807) is 6.07 Å². The van der Waals surface area contributed by atoms with E-state index >= 15 is 0 Å². The van der Waals surface area contributed by atoms with Gasteiger partial charge in [0.25, 0.3) is 5.79 Å². The standard InChI is InChI=1S/C15H13ClO4/c1-15(2)19-13(17)12(14(18)20-15)10-5-8-3-4-11(16)7-9(8)6-10/h3-4,7H,5-6H2,1-2H3. The van der Waals surface area contributed by atoms with Gasteiger partial charge >= 0.3 is 11.9 Å². The molecular formula is C15H13ClO4. The van der Waals surface area contributed by atoms with Crippen LogP contribution in [0.15, 0.2) is 29.3 Å². The number of fused-ring (bicyclic) bond motifs is 1. The normalized spacial score (nSPS) is 20.6. The number of cyclic esters (lactones) is 2. The highest BCUT2D eigenvalue weighted by molar-refractivity contribution is 6.30. The molecule has 1 saturated heterocycles. The molecule has 5 heteroatoms. The number of rotatable bonds is 0. The lowest BCUT2D eigenvalue weighted by Crippen LogP contribution is -2.42. The summed E-state index contributed by atoms with van der Waals surface area (Å²) in [6.07, 6.45) is 1.07. The molecule has 0 unspecified atom stereocenters. The summed E-state index contributed by atoms with van der Waals surface area (Å²) in [6.45, 7) is 3.07. The number of allylic oxidation sites excluding steroid dienone is 1. The van der Waals surface area contributed by atoms with Crippen molar-refractivity contribution in [2.45, 2.75) is 32.5 Å². The molecule has 4 nitrogen and oxygen atoms in total. The van der Waals surface area contributed by atoms with Gasteiger partial charge < -0.3 is 9.47 Å². The third kappa shape index (κ3) is 2.20. The van der Waals surface area contributed by atoms with E-state index in [2.05, 4.69) is 0 Å². The summed E-state index contributed by atoms with van der Waals surface area (Å²) < 4.78 is 10.3. The van der Waals surface area contributed by atoms with E-state index in [-0.39, 0.29) is 5.57 Å². The first-order valence-corrected chi connectivity index (χ1v) is 6.69. The van der Waals surface area contributed by atoms with Crippen LogP contribution in [0.4, 0.5) is 0 Å². The Bertz CT molecular complexity index is 636. The highest BCUT2D eigenvalue weighted by Crippen LogP contribution is 2.33. The predicted octanol–water partition coefficient (Wildman–Crippen LogP) is 2.57. The molecule has 1 aliphatic heterocycles. The molecule has 0 N–H and O–H groups in total. The predicted molar refractivity (Wildman–Crippen MR) is 72.1 cm³/mol. The second kappa shape index (κ2) is 4.35. The Kier molecular flexibility index (Phi) is 2.87. The fraction of sp³-hybridized carbons (Fsp3) is 0.333. The fourth-order valence-corrected chi connectivity index (χ4v) is 2.77. The summed E-state index contributed by atoms with van der Waals surface area (Å²) in [5, 5.41) is 0.643. The molecule has 0 aromatic heterocycles. The highest BCUT2D eigenvalue weighted by atomic mass is 35.5. The molecule has 1 aliphatic carbocycles. The van der Waals surface area contributed by atoms with Gasteiger partial charge in [-0.3, -0.25) is 0 Å². The van der Waals surface area contributed by atoms with Crippen LogP contribution in [0.25, 0.3) is 0 Å². The van der Waals surface area contributed by atoms with E-state index < -0.39 is 17.7 Å². The zero-order valence-corrected chi connectivity index (χ0v) is 11.9. The highest BCUT2D eigenvalue weighted by Gasteiger charge is 2.41. The smallest absolute Gasteiger partial charge is 0.348 e. The Morgan fingerprint density at radius 3 is 2.30 bits per heavy atom. The van der Waals surface area contributed by atoms with E-state index in [1.807, 2.05) is 12.1 Å². The van der Waals surface area contributed by atoms with Crippen molar-refractivity contribution in [3.05, 3.63) is 45.5 Å². The number of hydrogen-bond donors (Lipinski definition) is 0. The number of ether oxygens (including phenoxy) is 2. The average Bonchev–Trinajstić information content (AvgIpc) is 2.68. The Labute approximate surface area is 121 Å². The molecule has 0 saturated carbocycles. The maximum absolute atomic E-state index is 12.0. The molecule has 3 rings (SSSR count). The Balaban J connectivity index is 1.98. The van der Waals surface area contributed by atoms with E-state index in [0.717, 1.165) is 16.7 Å². The number of halogens is 1. The maximum Gasteiger partial charge on any atom is 0.348 e. The molecule has 1 aromatic rings. The van der Waals surface area contributed by atoms with Gasteiger partial charge in [-0.2, -0.15) is 0 Å². The van der Waals surface area contributed by atoms with Crippen molar-refractivity contribution in [3.8, 4) is 0 Å². The summed E-state index contributed by atoms with van der Waals surface area (Å²) in [4.78, 5) is 24.0. The van der Waals surface area contributed by atoms with Crippen LogP contribution in [0.3, 0.4) is 0 Å². The Morgan fingerprint density at radius 1 is 1.05 bits per heavy atom. The van der Waals surface area contributed by atoms with Crippen LogP contribution in [-0.4, -0.2) is 17.7 Å². The molecule has 0 radical (unpaired) electrons. The van der Waals surface area contributed by atoms with Gasteiger partial charge in [0, 0.05) is 18.9 Å². The van der Waals surface area contributed by atoms with Crippen molar-refractivity contribution in [3.63, 3.8) is 0 Å². The number of carbonyl (C=O) groups is 2. The van der Waals surface area contributed by atoms with Gasteiger partial charge in [0.2, 0.25) is 0 Å². The van der Waals surface area contributed by atoms with E-state index in [0.29, 0.717) is 17.9 Å². The summed E-state index contributed by atoms with van der Waals surface area (Å²) in [6, 6.07) is 5.57. The van der Waals surface area contributed by atoms with Crippen LogP contribution in [0.5, 0.6) is 0 Å². The van der Waals surface area contributed by atoms with Gasteiger partial charge in [-0.15, -0.1) is 0 Å². The maximum atomic E-state index is 12.0. The van der Waals surface area contributed by atoms with Crippen LogP contribution in [0.1, 0.15) is 25.0 Å². The van der Waals surface area contributed by atoms with Gasteiger partial charge in [-0.25, -0.2) is 9.59 Å². The minimum Gasteiger partial charge on any atom is -0.419 e. The average molecular weight is 293 g/mol. The van der Waals surface area contributed by atoms with Crippen LogP contribution in [0, 0.1) is 0 Å². The van der Waals surface area contributed by atoms with Crippen molar-refractivity contribution in [1.82, 2.24) is 0 Å². The molecule has 104 valence electrons. The molecule has 0 bridgehead atoms. The van der Waals surface area contributed by atoms with Gasteiger partial charge in [0.1, 0.15) is 5.57 Å². The Hall–Kier alpha value is -1.81. The number of carbonyl (C=O) groups excluding carboxylic acids is 2. The van der Waals surface area contributed by atoms with Crippen molar-refractivity contribution < 1.29 is 19.1 Å². The molecule has 1 heterocycles. The molecule has 0 spiro atoms. The molecule has 2 aliphatic rings. The van der Waals surface area contributed by atoms with Gasteiger partial charge in [0.15, 0.2) is 0 Å². The van der Waals surface area contributed by atoms with E-state index in [1.165, 1.54) is 13.8 Å². The number of benzene rings is 1. The zero-order chi connectivity index (χ0) is 14.5. The summed E-state index contributed by atoms with van der Waals surface area (Å²) >= 11 is 5.95. The van der Waals surface area contributed by atoms with Crippen LogP contribution < -0.4 is 0 Å². The quantitative estimate of drug-likeness (QED) is 0.419. The topological polar surface area (TPSA) is 52.6 Å². The summed E-state index contributed by atoms with van der Waals surface area (Å²) in [5.41, 5.74) is 2.86. The van der Waals surface area contributed by atoms with Gasteiger partial charge in [-0.05, 0) is 41.7 Å². The summed E-state index contributed by atoms with van der Waals surface area (Å²) in [7, 11) is 0. The minimum atomic E-state index is -1.20. The molecule has 1 aromatic carbocycles. The SMILES string of the molecule is CC1(C)OC(=O)C(=C2Cc3ccc(Cl)cc3C2)C(=O)O1. The van der Waals surface area contributed by atoms with Gasteiger partial charge in [0.05, 0.1) is 0 Å². The second-order valence-corrected chi connectivity index (χ2v) is 5.86. The van der Waals surface area contributed by atoms with Crippen molar-refractivity contribution in [2.24, 2.45) is 0 Å². The van der Waals surface area contributed by atoms with Crippen LogP contribution in [-0.2, 0) is 31.9 Å². The van der Waals surface area contributed by atoms with E-state index in [4.69, 9.17) is 21.1 Å². The molecule has 1 fully saturated rings. The first-order chi connectivity index (χ1) is 9.35. The Morgan fingerprint density at radius 2 is 1.65 bits per heavy atom. The monoisotopic (exact) mass is 292 g/mol. The first kappa shape index (κ1) is 13.2. The van der Waals surface area contributed by atoms with Crippen LogP contribution in [0.2, 0.25) is 5.02 Å². The second-order valence-electron chi connectivity index (χ2n) is 5.42. The third-order valence-corrected chi connectivity index (χ3v) is 3.65. The van der Waals surface area contributed by atoms with Crippen LogP contribution >= 0.6 is 11.6 Å². The fourth-order valence-electron chi connectivity index (χ4n) is 2.57. The lowest BCUT2D eigenvalue weighted by atomic mass is 10.0. The molecule has 0 amide bonds. The molecular weight excluding hydrogens is 280 g/mol. The third-order valence-electron chi connectivity index (χ3n) is 3.41. The number of hydrogen-bond acceptors (Lipinski definition) is 4.